The van der Waals surface area contributed by atoms with Crippen molar-refractivity contribution in [3.8, 4) is 5.75 Å². The van der Waals surface area contributed by atoms with Crippen LogP contribution in [0.1, 0.15) is 21.1 Å². The Morgan fingerprint density at radius 3 is 2.54 bits per heavy atom. The summed E-state index contributed by atoms with van der Waals surface area (Å²) in [6.45, 7) is 1.88. The van der Waals surface area contributed by atoms with Crippen LogP contribution in [-0.4, -0.2) is 32.3 Å². The smallest absolute Gasteiger partial charge is 0.232 e. The summed E-state index contributed by atoms with van der Waals surface area (Å²) in [5.41, 5.74) is 6.59. The lowest BCUT2D eigenvalue weighted by molar-refractivity contribution is 0.415. The second-order valence-corrected chi connectivity index (χ2v) is 6.52. The zero-order valence-corrected chi connectivity index (χ0v) is 14.7. The molecule has 8 nitrogen and oxygen atoms in total. The number of nitrogens with zero attached hydrogens (tertiary/aromatic N) is 5. The van der Waals surface area contributed by atoms with Gasteiger partial charge in [-0.25, -0.2) is 0 Å². The molecule has 3 rings (SSSR count). The molecule has 2 aromatic heterocycles. The average Bonchev–Trinajstić information content (AvgIpc) is 3.01. The van der Waals surface area contributed by atoms with E-state index >= 15 is 0 Å². The summed E-state index contributed by atoms with van der Waals surface area (Å²) < 4.78 is 5.13. The maximum atomic E-state index is 5.79. The van der Waals surface area contributed by atoms with E-state index in [0.717, 1.165) is 16.4 Å². The van der Waals surface area contributed by atoms with Crippen molar-refractivity contribution in [1.82, 2.24) is 25.1 Å². The minimum absolute atomic E-state index is 0.108. The van der Waals surface area contributed by atoms with Crippen LogP contribution in [0.15, 0.2) is 24.3 Å². The number of hydrogen-bond donors (Lipinski definition) is 3. The molecule has 0 aliphatic rings. The highest BCUT2D eigenvalue weighted by atomic mass is 32.1. The first-order chi connectivity index (χ1) is 11.5. The lowest BCUT2D eigenvalue weighted by Crippen LogP contribution is -2.09. The summed E-state index contributed by atoms with van der Waals surface area (Å²) in [5, 5.41) is 12.3. The Kier molecular flexibility index (Phi) is 4.76. The van der Waals surface area contributed by atoms with Crippen LogP contribution < -0.4 is 15.8 Å². The molecule has 3 aromatic rings. The number of rotatable bonds is 5. The fraction of sp³-hybridized carbons (Fsp3) is 0.214. The third-order valence-corrected chi connectivity index (χ3v) is 4.59. The summed E-state index contributed by atoms with van der Waals surface area (Å²) in [6, 6.07) is 7.37. The highest BCUT2D eigenvalue weighted by Gasteiger charge is 2.19. The van der Waals surface area contributed by atoms with Crippen molar-refractivity contribution in [2.24, 2.45) is 0 Å². The van der Waals surface area contributed by atoms with Crippen LogP contribution in [0.3, 0.4) is 0 Å². The van der Waals surface area contributed by atoms with Crippen molar-refractivity contribution in [3.05, 3.63) is 40.1 Å². The lowest BCUT2D eigenvalue weighted by atomic mass is 10.3. The second kappa shape index (κ2) is 6.97. The highest BCUT2D eigenvalue weighted by Crippen LogP contribution is 2.29. The first-order valence-electron chi connectivity index (χ1n) is 6.96. The van der Waals surface area contributed by atoms with E-state index in [0.29, 0.717) is 16.8 Å². The van der Waals surface area contributed by atoms with Crippen LogP contribution in [0.2, 0.25) is 0 Å². The number of benzene rings is 1. The molecule has 0 saturated carbocycles. The zero-order valence-electron chi connectivity index (χ0n) is 13.0. The largest absolute Gasteiger partial charge is 0.497 e. The molecule has 2 heterocycles. The van der Waals surface area contributed by atoms with E-state index in [1.807, 2.05) is 31.2 Å². The van der Waals surface area contributed by atoms with Crippen molar-refractivity contribution >= 4 is 41.5 Å². The topological polar surface area (TPSA) is 112 Å². The predicted molar refractivity (Wildman–Crippen MR) is 96.0 cm³/mol. The molecule has 0 spiro atoms. The van der Waals surface area contributed by atoms with Gasteiger partial charge in [-0.2, -0.15) is 27.6 Å². The minimum Gasteiger partial charge on any atom is -0.497 e. The Hall–Kier alpha value is -2.46. The first-order valence-corrected chi connectivity index (χ1v) is 8.29. The van der Waals surface area contributed by atoms with Crippen LogP contribution >= 0.6 is 24.0 Å². The maximum Gasteiger partial charge on any atom is 0.232 e. The monoisotopic (exact) mass is 361 g/mol. The van der Waals surface area contributed by atoms with Crippen LogP contribution in [0.25, 0.3) is 0 Å². The van der Waals surface area contributed by atoms with Crippen molar-refractivity contribution in [1.29, 1.82) is 0 Å². The molecule has 0 radical (unpaired) electrons. The molecule has 0 amide bonds. The summed E-state index contributed by atoms with van der Waals surface area (Å²) in [4.78, 5) is 12.6. The SMILES string of the molecule is COc1ccc(Nc2nc(N)nc(C(S)c3nnc(C)s3)n2)cc1. The standard InChI is InChI=1S/C14H15N7OS2/c1-7-20-21-12(24-7)10(23)11-17-13(15)19-14(18-11)16-8-3-5-9(22-2)6-4-8/h3-6,10,23H,1-2H3,(H3,15,16,17,18,19). The summed E-state index contributed by atoms with van der Waals surface area (Å²) >= 11 is 5.96. The highest BCUT2D eigenvalue weighted by molar-refractivity contribution is 7.80. The predicted octanol–water partition coefficient (Wildman–Crippen LogP) is 2.39. The van der Waals surface area contributed by atoms with Gasteiger partial charge in [0.1, 0.15) is 21.0 Å². The molecule has 0 bridgehead atoms. The van der Waals surface area contributed by atoms with E-state index in [1.54, 1.807) is 7.11 Å². The quantitative estimate of drug-likeness (QED) is 0.594. The van der Waals surface area contributed by atoms with Gasteiger partial charge in [-0.3, -0.25) is 0 Å². The molecule has 3 N–H and O–H groups in total. The number of methoxy groups -OCH3 is 1. The van der Waals surface area contributed by atoms with Crippen LogP contribution in [-0.2, 0) is 0 Å². The fourth-order valence-electron chi connectivity index (χ4n) is 1.92. The Bertz CT molecular complexity index is 837. The fourth-order valence-corrected chi connectivity index (χ4v) is 2.93. The van der Waals surface area contributed by atoms with Gasteiger partial charge in [0.2, 0.25) is 11.9 Å². The zero-order chi connectivity index (χ0) is 17.1. The maximum absolute atomic E-state index is 5.79. The third kappa shape index (κ3) is 3.71. The Morgan fingerprint density at radius 2 is 1.92 bits per heavy atom. The minimum atomic E-state index is -0.419. The summed E-state index contributed by atoms with van der Waals surface area (Å²) in [5.74, 6) is 1.62. The average molecular weight is 361 g/mol. The molecule has 0 aliphatic carbocycles. The second-order valence-electron chi connectivity index (χ2n) is 4.79. The number of nitrogens with two attached hydrogens (primary N) is 1. The van der Waals surface area contributed by atoms with E-state index in [4.69, 9.17) is 10.5 Å². The molecule has 1 unspecified atom stereocenters. The van der Waals surface area contributed by atoms with Gasteiger partial charge in [-0.1, -0.05) is 0 Å². The van der Waals surface area contributed by atoms with Gasteiger partial charge in [0.15, 0.2) is 5.82 Å². The molecule has 24 heavy (non-hydrogen) atoms. The molecule has 0 fully saturated rings. The van der Waals surface area contributed by atoms with Crippen molar-refractivity contribution in [2.45, 2.75) is 12.2 Å². The van der Waals surface area contributed by atoms with E-state index in [1.165, 1.54) is 11.3 Å². The van der Waals surface area contributed by atoms with Crippen LogP contribution in [0.5, 0.6) is 5.75 Å². The third-order valence-electron chi connectivity index (χ3n) is 3.04. The normalized spacial score (nSPS) is 12.0. The van der Waals surface area contributed by atoms with E-state index in [-0.39, 0.29) is 5.95 Å². The van der Waals surface area contributed by atoms with Crippen LogP contribution in [0, 0.1) is 6.92 Å². The molecule has 124 valence electrons. The van der Waals surface area contributed by atoms with Crippen molar-refractivity contribution in [3.63, 3.8) is 0 Å². The van der Waals surface area contributed by atoms with Gasteiger partial charge in [0.25, 0.3) is 0 Å². The van der Waals surface area contributed by atoms with Gasteiger partial charge in [0, 0.05) is 5.69 Å². The number of nitrogen functional groups attached to an aromatic ring is 1. The molecule has 0 aliphatic heterocycles. The Balaban J connectivity index is 1.85. The number of aromatic nitrogens is 5. The number of hydrogen-bond acceptors (Lipinski definition) is 10. The van der Waals surface area contributed by atoms with E-state index < -0.39 is 5.25 Å². The molecule has 0 saturated heterocycles. The Labute approximate surface area is 148 Å². The molecule has 10 heteroatoms. The number of aryl methyl sites for hydroxylation is 1. The Morgan fingerprint density at radius 1 is 1.17 bits per heavy atom. The van der Waals surface area contributed by atoms with E-state index in [2.05, 4.69) is 43.1 Å². The van der Waals surface area contributed by atoms with Gasteiger partial charge in [0.05, 0.1) is 7.11 Å². The van der Waals surface area contributed by atoms with Gasteiger partial charge < -0.3 is 15.8 Å². The van der Waals surface area contributed by atoms with Crippen molar-refractivity contribution in [2.75, 3.05) is 18.2 Å². The molecule has 1 atom stereocenters. The number of anilines is 3. The number of ether oxygens (including phenoxy) is 1. The van der Waals surface area contributed by atoms with Crippen molar-refractivity contribution < 1.29 is 4.74 Å². The first kappa shape index (κ1) is 16.4. The van der Waals surface area contributed by atoms with Gasteiger partial charge in [-0.05, 0) is 31.2 Å². The molecular formula is C14H15N7OS2. The lowest BCUT2D eigenvalue weighted by Gasteiger charge is -2.10. The number of thiol groups is 1. The van der Waals surface area contributed by atoms with Gasteiger partial charge >= 0.3 is 0 Å². The summed E-state index contributed by atoms with van der Waals surface area (Å²) in [7, 11) is 1.61. The van der Waals surface area contributed by atoms with Crippen LogP contribution in [0.4, 0.5) is 17.6 Å². The summed E-state index contributed by atoms with van der Waals surface area (Å²) in [6.07, 6.45) is 0. The van der Waals surface area contributed by atoms with Gasteiger partial charge in [-0.15, -0.1) is 21.5 Å². The van der Waals surface area contributed by atoms with E-state index in [9.17, 15) is 0 Å². The molecule has 1 aromatic carbocycles. The molecular weight excluding hydrogens is 346 g/mol. The number of nitrogens with one attached hydrogen (secondary N) is 1.